The number of nitrogens with zero attached hydrogens (tertiary/aromatic N) is 4. The van der Waals surface area contributed by atoms with Gasteiger partial charge in [-0.05, 0) is 19.1 Å². The number of anilines is 1. The lowest BCUT2D eigenvalue weighted by Crippen LogP contribution is -2.49. The summed E-state index contributed by atoms with van der Waals surface area (Å²) >= 11 is 5.22. The van der Waals surface area contributed by atoms with E-state index >= 15 is 0 Å². The predicted octanol–water partition coefficient (Wildman–Crippen LogP) is 2.08. The summed E-state index contributed by atoms with van der Waals surface area (Å²) in [6.45, 7) is 4.71. The van der Waals surface area contributed by atoms with Gasteiger partial charge >= 0.3 is 0 Å². The van der Waals surface area contributed by atoms with Gasteiger partial charge in [-0.2, -0.15) is 5.10 Å². The molecule has 0 spiro atoms. The van der Waals surface area contributed by atoms with Gasteiger partial charge in [-0.1, -0.05) is 18.2 Å². The largest absolute Gasteiger partial charge is 0.494 e. The van der Waals surface area contributed by atoms with Crippen LogP contribution in [0.1, 0.15) is 17.4 Å². The molecule has 4 rings (SSSR count). The number of halogens is 1. The zero-order chi connectivity index (χ0) is 21.3. The molecule has 7 nitrogen and oxygen atoms in total. The van der Waals surface area contributed by atoms with Crippen LogP contribution >= 0.6 is 0 Å². The van der Waals surface area contributed by atoms with Crippen LogP contribution < -0.4 is 15.2 Å². The molecular formula is C22H24ClN4O3+. The Morgan fingerprint density at radius 3 is 2.47 bits per heavy atom. The third-order valence-electron chi connectivity index (χ3n) is 5.43. The summed E-state index contributed by atoms with van der Waals surface area (Å²) in [6.07, 6.45) is 0. The van der Waals surface area contributed by atoms with Crippen LogP contribution in [-0.4, -0.2) is 53.9 Å². The number of aromatic nitrogens is 2. The van der Waals surface area contributed by atoms with Crippen LogP contribution in [0, 0.1) is 11.6 Å². The Kier molecular flexibility index (Phi) is 5.63. The standard InChI is InChI=1S/C22H24ClN4O3/c1-3-27-21(28)17-7-5-4-6-16(17)20(24-27)22(29)26-12-10-25(11-13-26)18-9-8-15(23)14-19(18)30-2/h4-9,14,23H,3,10-13H2,1-2H3/q+1. The van der Waals surface area contributed by atoms with Crippen molar-refractivity contribution in [2.45, 2.75) is 13.5 Å². The summed E-state index contributed by atoms with van der Waals surface area (Å²) < 4.78 is 6.83. The molecule has 0 N–H and O–H groups in total. The lowest BCUT2D eigenvalue weighted by molar-refractivity contribution is -0.289. The van der Waals surface area contributed by atoms with Crippen molar-refractivity contribution < 1.29 is 21.1 Å². The number of benzene rings is 2. The molecule has 30 heavy (non-hydrogen) atoms. The molecule has 2 heterocycles. The summed E-state index contributed by atoms with van der Waals surface area (Å²) in [4.78, 5) is 29.8. The van der Waals surface area contributed by atoms with Crippen LogP contribution in [0.25, 0.3) is 10.8 Å². The molecule has 1 aliphatic heterocycles. The summed E-state index contributed by atoms with van der Waals surface area (Å²) in [7, 11) is 1.63. The minimum Gasteiger partial charge on any atom is -0.494 e. The van der Waals surface area contributed by atoms with Gasteiger partial charge in [0.15, 0.2) is 17.3 Å². The van der Waals surface area contributed by atoms with Crippen molar-refractivity contribution in [1.29, 1.82) is 0 Å². The Labute approximate surface area is 179 Å². The molecule has 0 unspecified atom stereocenters. The second-order valence-corrected chi connectivity index (χ2v) is 7.60. The summed E-state index contributed by atoms with van der Waals surface area (Å²) in [5, 5.41) is 6.22. The fraction of sp³-hybridized carbons (Fsp3) is 0.318. The number of carbonyl (C=O) groups is 1. The molecule has 8 heteroatoms. The first-order chi connectivity index (χ1) is 14.5. The van der Waals surface area contributed by atoms with E-state index in [-0.39, 0.29) is 11.5 Å². The molecule has 0 radical (unpaired) electrons. The van der Waals surface area contributed by atoms with E-state index < -0.39 is 0 Å². The van der Waals surface area contributed by atoms with E-state index in [4.69, 9.17) is 16.3 Å². The molecule has 0 saturated carbocycles. The van der Waals surface area contributed by atoms with Gasteiger partial charge in [-0.3, -0.25) is 9.59 Å². The topological polar surface area (TPSA) is 67.7 Å². The van der Waals surface area contributed by atoms with Crippen LogP contribution in [0.3, 0.4) is 0 Å². The van der Waals surface area contributed by atoms with E-state index in [1.54, 1.807) is 30.2 Å². The highest BCUT2D eigenvalue weighted by atomic mass is 35.5. The number of piperazine rings is 1. The third kappa shape index (κ3) is 3.61. The highest BCUT2D eigenvalue weighted by molar-refractivity contribution is 6.04. The maximum Gasteiger partial charge on any atom is 0.275 e. The van der Waals surface area contributed by atoms with Crippen molar-refractivity contribution in [3.05, 3.63) is 63.5 Å². The number of amides is 1. The quantitative estimate of drug-likeness (QED) is 0.637. The highest BCUT2D eigenvalue weighted by Crippen LogP contribution is 2.30. The van der Waals surface area contributed by atoms with E-state index in [1.165, 1.54) is 4.68 Å². The minimum atomic E-state index is -0.174. The van der Waals surface area contributed by atoms with Crippen molar-refractivity contribution >= 4 is 22.4 Å². The van der Waals surface area contributed by atoms with Crippen molar-refractivity contribution in [3.63, 3.8) is 0 Å². The van der Waals surface area contributed by atoms with E-state index in [2.05, 4.69) is 10.00 Å². The maximum atomic E-state index is 13.3. The van der Waals surface area contributed by atoms with Gasteiger partial charge in [0.2, 0.25) is 5.02 Å². The number of ether oxygens (including phenoxy) is 1. The Morgan fingerprint density at radius 2 is 1.80 bits per heavy atom. The van der Waals surface area contributed by atoms with Crippen LogP contribution in [0.15, 0.2) is 47.3 Å². The molecular weight excluding hydrogens is 404 g/mol. The average Bonchev–Trinajstić information content (AvgIpc) is 2.79. The minimum absolute atomic E-state index is 0.152. The fourth-order valence-corrected chi connectivity index (χ4v) is 4.00. The first-order valence-electron chi connectivity index (χ1n) is 9.92. The molecule has 0 bridgehead atoms. The molecule has 1 aliphatic rings. The van der Waals surface area contributed by atoms with E-state index in [0.717, 1.165) is 16.5 Å². The van der Waals surface area contributed by atoms with Gasteiger partial charge in [0, 0.05) is 50.2 Å². The molecule has 1 amide bonds. The molecule has 1 saturated heterocycles. The molecule has 1 aromatic heterocycles. The van der Waals surface area contributed by atoms with Crippen LogP contribution in [0.5, 0.6) is 5.75 Å². The van der Waals surface area contributed by atoms with Crippen molar-refractivity contribution in [2.75, 3.05) is 38.2 Å². The number of hydrogen-bond acceptors (Lipinski definition) is 5. The number of fused-ring (bicyclic) bond motifs is 1. The number of hydrogen-bond donors (Lipinski definition) is 0. The SMILES string of the molecule is CCn1nc(C(=O)N2CCN(c3ccc([ClH+])cc3OC)CC2)c2ccccc2c1=O. The van der Waals surface area contributed by atoms with Gasteiger partial charge in [-0.15, -0.1) is 0 Å². The second-order valence-electron chi connectivity index (χ2n) is 7.13. The van der Waals surface area contributed by atoms with Crippen molar-refractivity contribution in [2.24, 2.45) is 0 Å². The average molecular weight is 428 g/mol. The number of aryl methyl sites for hydroxylation is 1. The Balaban J connectivity index is 1.59. The number of carbonyl (C=O) groups excluding carboxylic acids is 1. The van der Waals surface area contributed by atoms with Gasteiger partial charge in [0.25, 0.3) is 11.5 Å². The van der Waals surface area contributed by atoms with Crippen molar-refractivity contribution in [3.8, 4) is 5.75 Å². The molecule has 0 atom stereocenters. The Bertz CT molecular complexity index is 1150. The van der Waals surface area contributed by atoms with Gasteiger partial charge < -0.3 is 14.5 Å². The Morgan fingerprint density at radius 1 is 1.10 bits per heavy atom. The molecule has 156 valence electrons. The molecule has 0 aliphatic carbocycles. The first kappa shape index (κ1) is 20.2. The summed E-state index contributed by atoms with van der Waals surface area (Å²) in [6, 6.07) is 12.8. The highest BCUT2D eigenvalue weighted by Gasteiger charge is 2.27. The Hall–Kier alpha value is -3.06. The molecule has 1 fully saturated rings. The number of rotatable bonds is 4. The van der Waals surface area contributed by atoms with E-state index in [1.807, 2.05) is 31.2 Å². The van der Waals surface area contributed by atoms with Gasteiger partial charge in [0.1, 0.15) is 5.75 Å². The first-order valence-corrected chi connectivity index (χ1v) is 10.3. The van der Waals surface area contributed by atoms with Gasteiger partial charge in [0.05, 0.1) is 18.2 Å². The van der Waals surface area contributed by atoms with Gasteiger partial charge in [-0.25, -0.2) is 4.68 Å². The molecule has 3 aromatic rings. The lowest BCUT2D eigenvalue weighted by Gasteiger charge is -2.36. The summed E-state index contributed by atoms with van der Waals surface area (Å²) in [5.41, 5.74) is 1.13. The van der Waals surface area contributed by atoms with E-state index in [9.17, 15) is 9.59 Å². The summed E-state index contributed by atoms with van der Waals surface area (Å²) in [5.74, 6) is 0.589. The zero-order valence-corrected chi connectivity index (χ0v) is 17.8. The van der Waals surface area contributed by atoms with Crippen LogP contribution in [0.2, 0.25) is 5.02 Å². The smallest absolute Gasteiger partial charge is 0.275 e. The monoisotopic (exact) mass is 427 g/mol. The normalized spacial score (nSPS) is 14.2. The van der Waals surface area contributed by atoms with Crippen LogP contribution in [-0.2, 0) is 6.54 Å². The lowest BCUT2D eigenvalue weighted by atomic mass is 10.1. The molecule has 2 aromatic carbocycles. The second kappa shape index (κ2) is 8.36. The van der Waals surface area contributed by atoms with Crippen LogP contribution in [0.4, 0.5) is 5.69 Å². The maximum absolute atomic E-state index is 13.3. The number of methoxy groups -OCH3 is 1. The fourth-order valence-electron chi connectivity index (χ4n) is 3.83. The predicted molar refractivity (Wildman–Crippen MR) is 113 cm³/mol. The van der Waals surface area contributed by atoms with E-state index in [0.29, 0.717) is 49.2 Å². The third-order valence-corrected chi connectivity index (χ3v) is 5.68. The zero-order valence-electron chi connectivity index (χ0n) is 17.0. The van der Waals surface area contributed by atoms with Crippen molar-refractivity contribution in [1.82, 2.24) is 14.7 Å².